The molecule has 1 heterocycles. The lowest BCUT2D eigenvalue weighted by molar-refractivity contribution is 0.538. The minimum atomic E-state index is -0.0119. The standard InChI is InChI=1S/C16H27N3S/c1-11-13(17-5)18-15(16(2,3)4)19-14(11)20-10-12-8-6-7-9-12/h12H,6-10H2,1-5H3,(H,17,18,19). The Hall–Kier alpha value is -0.770. The first kappa shape index (κ1) is 15.6. The van der Waals surface area contributed by atoms with E-state index in [4.69, 9.17) is 4.98 Å². The molecule has 2 rings (SSSR count). The van der Waals surface area contributed by atoms with E-state index in [9.17, 15) is 0 Å². The molecular formula is C16H27N3S. The average Bonchev–Trinajstić information content (AvgIpc) is 2.89. The lowest BCUT2D eigenvalue weighted by Crippen LogP contribution is -2.18. The van der Waals surface area contributed by atoms with Crippen molar-refractivity contribution in [1.82, 2.24) is 9.97 Å². The van der Waals surface area contributed by atoms with Gasteiger partial charge in [-0.2, -0.15) is 0 Å². The highest BCUT2D eigenvalue weighted by molar-refractivity contribution is 7.99. The van der Waals surface area contributed by atoms with Crippen LogP contribution >= 0.6 is 11.8 Å². The summed E-state index contributed by atoms with van der Waals surface area (Å²) in [5.74, 6) is 3.98. The molecule has 0 saturated heterocycles. The third kappa shape index (κ3) is 3.66. The molecule has 0 radical (unpaired) electrons. The molecular weight excluding hydrogens is 266 g/mol. The number of rotatable bonds is 4. The summed E-state index contributed by atoms with van der Waals surface area (Å²) in [6.45, 7) is 8.63. The normalized spacial score (nSPS) is 16.6. The van der Waals surface area contributed by atoms with E-state index in [1.807, 2.05) is 18.8 Å². The predicted molar refractivity (Wildman–Crippen MR) is 87.7 cm³/mol. The molecule has 4 heteroatoms. The van der Waals surface area contributed by atoms with E-state index in [0.29, 0.717) is 0 Å². The number of thioether (sulfide) groups is 1. The third-order valence-corrected chi connectivity index (χ3v) is 5.25. The summed E-state index contributed by atoms with van der Waals surface area (Å²) in [5.41, 5.74) is 1.17. The van der Waals surface area contributed by atoms with Crippen LogP contribution in [0, 0.1) is 12.8 Å². The largest absolute Gasteiger partial charge is 0.373 e. The van der Waals surface area contributed by atoms with Gasteiger partial charge in [0.2, 0.25) is 0 Å². The van der Waals surface area contributed by atoms with Gasteiger partial charge in [0.1, 0.15) is 16.7 Å². The van der Waals surface area contributed by atoms with Crippen molar-refractivity contribution in [1.29, 1.82) is 0 Å². The van der Waals surface area contributed by atoms with Crippen LogP contribution < -0.4 is 5.32 Å². The Morgan fingerprint density at radius 2 is 1.85 bits per heavy atom. The van der Waals surface area contributed by atoms with Crippen molar-refractivity contribution in [3.05, 3.63) is 11.4 Å². The first-order valence-electron chi connectivity index (χ1n) is 7.61. The fraction of sp³-hybridized carbons (Fsp3) is 0.750. The van der Waals surface area contributed by atoms with Crippen LogP contribution in [0.2, 0.25) is 0 Å². The van der Waals surface area contributed by atoms with E-state index in [1.165, 1.54) is 37.0 Å². The van der Waals surface area contributed by atoms with Crippen LogP contribution in [-0.2, 0) is 5.41 Å². The molecule has 0 spiro atoms. The second-order valence-electron chi connectivity index (χ2n) is 6.79. The highest BCUT2D eigenvalue weighted by Crippen LogP contribution is 2.34. The van der Waals surface area contributed by atoms with Crippen LogP contribution in [0.1, 0.15) is 57.8 Å². The van der Waals surface area contributed by atoms with Crippen molar-refractivity contribution >= 4 is 17.6 Å². The van der Waals surface area contributed by atoms with Gasteiger partial charge < -0.3 is 5.32 Å². The summed E-state index contributed by atoms with van der Waals surface area (Å²) in [6, 6.07) is 0. The quantitative estimate of drug-likeness (QED) is 0.659. The number of nitrogens with one attached hydrogen (secondary N) is 1. The van der Waals surface area contributed by atoms with Gasteiger partial charge in [-0.05, 0) is 25.7 Å². The fourth-order valence-corrected chi connectivity index (χ4v) is 3.78. The molecule has 0 atom stereocenters. The zero-order valence-electron chi connectivity index (χ0n) is 13.4. The Kier molecular flexibility index (Phi) is 4.95. The Labute approximate surface area is 127 Å². The van der Waals surface area contributed by atoms with Gasteiger partial charge in [-0.3, -0.25) is 0 Å². The Bertz CT molecular complexity index is 460. The molecule has 0 aliphatic heterocycles. The molecule has 1 fully saturated rings. The second-order valence-corrected chi connectivity index (χ2v) is 7.80. The third-order valence-electron chi connectivity index (χ3n) is 3.94. The van der Waals surface area contributed by atoms with Gasteiger partial charge in [-0.25, -0.2) is 9.97 Å². The van der Waals surface area contributed by atoms with Crippen molar-refractivity contribution in [3.8, 4) is 0 Å². The molecule has 0 amide bonds. The van der Waals surface area contributed by atoms with Crippen molar-refractivity contribution in [2.45, 2.75) is 63.8 Å². The molecule has 3 nitrogen and oxygen atoms in total. The maximum atomic E-state index is 4.82. The predicted octanol–water partition coefficient (Wildman–Crippen LogP) is 4.41. The molecule has 112 valence electrons. The van der Waals surface area contributed by atoms with Gasteiger partial charge in [-0.15, -0.1) is 11.8 Å². The number of nitrogens with zero attached hydrogens (tertiary/aromatic N) is 2. The van der Waals surface area contributed by atoms with Crippen LogP contribution in [0.5, 0.6) is 0 Å². The van der Waals surface area contributed by atoms with Crippen molar-refractivity contribution < 1.29 is 0 Å². The van der Waals surface area contributed by atoms with Gasteiger partial charge in [-0.1, -0.05) is 33.6 Å². The van der Waals surface area contributed by atoms with Crippen molar-refractivity contribution in [2.75, 3.05) is 18.1 Å². The molecule has 1 aliphatic carbocycles. The van der Waals surface area contributed by atoms with Crippen LogP contribution in [0.4, 0.5) is 5.82 Å². The van der Waals surface area contributed by atoms with Crippen molar-refractivity contribution in [2.24, 2.45) is 5.92 Å². The first-order chi connectivity index (χ1) is 9.41. The Morgan fingerprint density at radius 3 is 2.40 bits per heavy atom. The summed E-state index contributed by atoms with van der Waals surface area (Å²) in [7, 11) is 1.94. The summed E-state index contributed by atoms with van der Waals surface area (Å²) in [6.07, 6.45) is 5.59. The van der Waals surface area contributed by atoms with Gasteiger partial charge in [0.15, 0.2) is 0 Å². The smallest absolute Gasteiger partial charge is 0.137 e. The first-order valence-corrected chi connectivity index (χ1v) is 8.60. The SMILES string of the molecule is CNc1nc(C(C)(C)C)nc(SCC2CCCC2)c1C. The molecule has 1 saturated carbocycles. The lowest BCUT2D eigenvalue weighted by Gasteiger charge is -2.20. The lowest BCUT2D eigenvalue weighted by atomic mass is 9.95. The fourth-order valence-electron chi connectivity index (χ4n) is 2.59. The minimum Gasteiger partial charge on any atom is -0.373 e. The monoisotopic (exact) mass is 293 g/mol. The summed E-state index contributed by atoms with van der Waals surface area (Å²) in [5, 5.41) is 4.37. The number of anilines is 1. The van der Waals surface area contributed by atoms with Gasteiger partial charge in [0.25, 0.3) is 0 Å². The minimum absolute atomic E-state index is 0.0119. The van der Waals surface area contributed by atoms with Gasteiger partial charge in [0, 0.05) is 23.8 Å². The molecule has 0 unspecified atom stereocenters. The number of hydrogen-bond donors (Lipinski definition) is 1. The van der Waals surface area contributed by atoms with E-state index < -0.39 is 0 Å². The zero-order valence-corrected chi connectivity index (χ0v) is 14.2. The Balaban J connectivity index is 2.21. The number of hydrogen-bond acceptors (Lipinski definition) is 4. The zero-order chi connectivity index (χ0) is 14.8. The maximum Gasteiger partial charge on any atom is 0.137 e. The van der Waals surface area contributed by atoms with Gasteiger partial charge >= 0.3 is 0 Å². The molecule has 1 aromatic rings. The average molecular weight is 293 g/mol. The van der Waals surface area contributed by atoms with Crippen LogP contribution in [0.15, 0.2) is 5.03 Å². The summed E-state index contributed by atoms with van der Waals surface area (Å²) in [4.78, 5) is 9.49. The van der Waals surface area contributed by atoms with E-state index in [1.54, 1.807) is 0 Å². The second kappa shape index (κ2) is 6.33. The van der Waals surface area contributed by atoms with Crippen LogP contribution in [0.3, 0.4) is 0 Å². The van der Waals surface area contributed by atoms with E-state index >= 15 is 0 Å². The molecule has 1 N–H and O–H groups in total. The maximum absolute atomic E-state index is 4.82. The number of aromatic nitrogens is 2. The summed E-state index contributed by atoms with van der Waals surface area (Å²) >= 11 is 1.91. The van der Waals surface area contributed by atoms with Crippen LogP contribution in [-0.4, -0.2) is 22.8 Å². The highest BCUT2D eigenvalue weighted by atomic mass is 32.2. The highest BCUT2D eigenvalue weighted by Gasteiger charge is 2.22. The molecule has 1 aromatic heterocycles. The molecule has 20 heavy (non-hydrogen) atoms. The van der Waals surface area contributed by atoms with E-state index in [0.717, 1.165) is 22.6 Å². The molecule has 0 bridgehead atoms. The van der Waals surface area contributed by atoms with E-state index in [2.05, 4.69) is 38.0 Å². The topological polar surface area (TPSA) is 37.8 Å². The van der Waals surface area contributed by atoms with E-state index in [-0.39, 0.29) is 5.41 Å². The van der Waals surface area contributed by atoms with Crippen molar-refractivity contribution in [3.63, 3.8) is 0 Å². The summed E-state index contributed by atoms with van der Waals surface area (Å²) < 4.78 is 0. The van der Waals surface area contributed by atoms with Gasteiger partial charge in [0.05, 0.1) is 0 Å². The Morgan fingerprint density at radius 1 is 1.20 bits per heavy atom. The molecule has 0 aromatic carbocycles. The van der Waals surface area contributed by atoms with Crippen LogP contribution in [0.25, 0.3) is 0 Å². The molecule has 1 aliphatic rings.